The molecular weight excluding hydrogens is 465 g/mol. The number of para-hydroxylation sites is 1. The van der Waals surface area contributed by atoms with Gasteiger partial charge in [-0.05, 0) is 34.1 Å². The lowest BCUT2D eigenvalue weighted by Crippen LogP contribution is -2.34. The highest BCUT2D eigenvalue weighted by molar-refractivity contribution is 9.10. The first-order valence-corrected chi connectivity index (χ1v) is 8.93. The van der Waals surface area contributed by atoms with E-state index in [1.807, 2.05) is 5.32 Å². The van der Waals surface area contributed by atoms with Crippen LogP contribution < -0.4 is 15.4 Å². The molecule has 0 fully saturated rings. The average molecular weight is 476 g/mol. The fourth-order valence-electron chi connectivity index (χ4n) is 2.27. The zero-order valence-corrected chi connectivity index (χ0v) is 16.4. The lowest BCUT2D eigenvalue weighted by atomic mass is 10.1. The van der Waals surface area contributed by atoms with Crippen LogP contribution in [-0.2, 0) is 0 Å². The van der Waals surface area contributed by atoms with Gasteiger partial charge in [0.05, 0.1) is 9.40 Å². The summed E-state index contributed by atoms with van der Waals surface area (Å²) in [6.45, 7) is 0. The molecule has 0 aliphatic heterocycles. The summed E-state index contributed by atoms with van der Waals surface area (Å²) in [6, 6.07) is 7.60. The molecule has 3 amide bonds. The molecular formula is C18H11BrFN5O5. The number of amides is 3. The molecule has 1 heterocycles. The zero-order valence-electron chi connectivity index (χ0n) is 14.8. The Balaban J connectivity index is 1.65. The van der Waals surface area contributed by atoms with Crippen molar-refractivity contribution in [1.82, 2.24) is 15.3 Å². The van der Waals surface area contributed by atoms with Crippen molar-refractivity contribution in [2.24, 2.45) is 0 Å². The van der Waals surface area contributed by atoms with Crippen molar-refractivity contribution in [2.75, 3.05) is 5.32 Å². The van der Waals surface area contributed by atoms with Crippen molar-refractivity contribution < 1.29 is 23.6 Å². The predicted molar refractivity (Wildman–Crippen MR) is 106 cm³/mol. The number of imide groups is 1. The van der Waals surface area contributed by atoms with E-state index >= 15 is 0 Å². The van der Waals surface area contributed by atoms with Crippen LogP contribution in [0.25, 0.3) is 0 Å². The predicted octanol–water partition coefficient (Wildman–Crippen LogP) is 4.04. The molecule has 0 spiro atoms. The van der Waals surface area contributed by atoms with Crippen LogP contribution in [0.3, 0.4) is 0 Å². The Hall–Kier alpha value is -3.93. The smallest absolute Gasteiger partial charge is 0.326 e. The lowest BCUT2D eigenvalue weighted by molar-refractivity contribution is -0.385. The standard InChI is InChI=1S/C18H11BrFN5O5/c19-10-8-21-18(22-9-10)30-15-6-5-11(7-13(15)20)23-17(27)24-16(26)12-3-1-2-4-14(12)25(28)29/h1-9H,(H2,23,24,26,27). The summed E-state index contributed by atoms with van der Waals surface area (Å²) in [4.78, 5) is 42.1. The number of carbonyl (C=O) groups excluding carboxylic acids is 2. The molecule has 0 unspecified atom stereocenters. The number of urea groups is 1. The Morgan fingerprint density at radius 2 is 1.83 bits per heavy atom. The van der Waals surface area contributed by atoms with E-state index in [1.165, 1.54) is 42.7 Å². The molecule has 2 N–H and O–H groups in total. The Labute approximate surface area is 176 Å². The minimum absolute atomic E-state index is 0.0180. The Bertz CT molecular complexity index is 1130. The van der Waals surface area contributed by atoms with Crippen molar-refractivity contribution in [3.05, 3.63) is 80.8 Å². The molecule has 0 radical (unpaired) electrons. The van der Waals surface area contributed by atoms with E-state index in [-0.39, 0.29) is 23.0 Å². The van der Waals surface area contributed by atoms with Gasteiger partial charge < -0.3 is 10.1 Å². The summed E-state index contributed by atoms with van der Waals surface area (Å²) >= 11 is 3.16. The largest absolute Gasteiger partial charge is 0.421 e. The first-order chi connectivity index (χ1) is 14.3. The van der Waals surface area contributed by atoms with E-state index in [9.17, 15) is 24.1 Å². The second-order valence-corrected chi connectivity index (χ2v) is 6.53. The van der Waals surface area contributed by atoms with Crippen LogP contribution >= 0.6 is 15.9 Å². The minimum atomic E-state index is -0.998. The maximum absolute atomic E-state index is 14.2. The first kappa shape index (κ1) is 20.8. The van der Waals surface area contributed by atoms with Gasteiger partial charge in [-0.25, -0.2) is 19.2 Å². The van der Waals surface area contributed by atoms with E-state index in [2.05, 4.69) is 31.2 Å². The molecule has 10 nitrogen and oxygen atoms in total. The monoisotopic (exact) mass is 475 g/mol. The van der Waals surface area contributed by atoms with E-state index in [4.69, 9.17) is 4.74 Å². The number of halogens is 2. The van der Waals surface area contributed by atoms with Gasteiger partial charge >= 0.3 is 12.0 Å². The summed E-state index contributed by atoms with van der Waals surface area (Å²) in [6.07, 6.45) is 2.85. The molecule has 0 aliphatic rings. The number of rotatable bonds is 5. The topological polar surface area (TPSA) is 136 Å². The summed E-state index contributed by atoms with van der Waals surface area (Å²) < 4.78 is 20.1. The molecule has 0 aliphatic carbocycles. The van der Waals surface area contributed by atoms with E-state index < -0.39 is 28.4 Å². The van der Waals surface area contributed by atoms with Gasteiger partial charge in [-0.1, -0.05) is 12.1 Å². The third-order valence-electron chi connectivity index (χ3n) is 3.56. The molecule has 0 bridgehead atoms. The molecule has 2 aromatic carbocycles. The Morgan fingerprint density at radius 3 is 2.50 bits per heavy atom. The number of anilines is 1. The minimum Gasteiger partial charge on any atom is -0.421 e. The summed E-state index contributed by atoms with van der Waals surface area (Å²) in [5.41, 5.74) is -0.725. The molecule has 30 heavy (non-hydrogen) atoms. The third-order valence-corrected chi connectivity index (χ3v) is 3.97. The maximum atomic E-state index is 14.2. The van der Waals surface area contributed by atoms with Gasteiger partial charge in [-0.2, -0.15) is 0 Å². The molecule has 3 rings (SSSR count). The third kappa shape index (κ3) is 5.11. The normalized spacial score (nSPS) is 10.2. The van der Waals surface area contributed by atoms with Gasteiger partial charge in [0, 0.05) is 30.2 Å². The van der Waals surface area contributed by atoms with E-state index in [0.29, 0.717) is 4.47 Å². The number of aromatic nitrogens is 2. The maximum Gasteiger partial charge on any atom is 0.326 e. The van der Waals surface area contributed by atoms with Crippen LogP contribution in [0.15, 0.2) is 59.3 Å². The second kappa shape index (κ2) is 9.05. The number of nitro benzene ring substituents is 1. The van der Waals surface area contributed by atoms with Crippen LogP contribution in [-0.4, -0.2) is 26.8 Å². The summed E-state index contributed by atoms with van der Waals surface area (Å²) in [5, 5.41) is 15.2. The van der Waals surface area contributed by atoms with Gasteiger partial charge in [0.15, 0.2) is 11.6 Å². The highest BCUT2D eigenvalue weighted by Gasteiger charge is 2.21. The highest BCUT2D eigenvalue weighted by atomic mass is 79.9. The highest BCUT2D eigenvalue weighted by Crippen LogP contribution is 2.25. The fraction of sp³-hybridized carbons (Fsp3) is 0. The number of hydrogen-bond acceptors (Lipinski definition) is 7. The van der Waals surface area contributed by atoms with Gasteiger partial charge in [0.1, 0.15) is 5.56 Å². The van der Waals surface area contributed by atoms with Gasteiger partial charge in [-0.15, -0.1) is 0 Å². The number of benzene rings is 2. The van der Waals surface area contributed by atoms with E-state index in [0.717, 1.165) is 12.1 Å². The quantitative estimate of drug-likeness (QED) is 0.419. The molecule has 3 aromatic rings. The second-order valence-electron chi connectivity index (χ2n) is 5.61. The number of nitrogens with one attached hydrogen (secondary N) is 2. The van der Waals surface area contributed by atoms with Crippen molar-refractivity contribution in [1.29, 1.82) is 0 Å². The number of nitro groups is 1. The van der Waals surface area contributed by atoms with Crippen molar-refractivity contribution in [3.8, 4) is 11.8 Å². The number of hydrogen-bond donors (Lipinski definition) is 2. The van der Waals surface area contributed by atoms with Crippen LogP contribution in [0.4, 0.5) is 20.6 Å². The van der Waals surface area contributed by atoms with Crippen LogP contribution in [0.5, 0.6) is 11.8 Å². The van der Waals surface area contributed by atoms with Gasteiger partial charge in [0.25, 0.3) is 11.6 Å². The van der Waals surface area contributed by atoms with Crippen LogP contribution in [0, 0.1) is 15.9 Å². The fourth-order valence-corrected chi connectivity index (χ4v) is 2.48. The van der Waals surface area contributed by atoms with Gasteiger partial charge in [0.2, 0.25) is 0 Å². The van der Waals surface area contributed by atoms with Crippen molar-refractivity contribution in [3.63, 3.8) is 0 Å². The number of nitrogens with zero attached hydrogens (tertiary/aromatic N) is 3. The van der Waals surface area contributed by atoms with Crippen molar-refractivity contribution >= 4 is 39.2 Å². The van der Waals surface area contributed by atoms with Crippen molar-refractivity contribution in [2.45, 2.75) is 0 Å². The van der Waals surface area contributed by atoms with E-state index in [1.54, 1.807) is 0 Å². The summed E-state index contributed by atoms with van der Waals surface area (Å²) in [5.74, 6) is -1.98. The number of carbonyl (C=O) groups is 2. The molecule has 12 heteroatoms. The Morgan fingerprint density at radius 1 is 1.13 bits per heavy atom. The molecule has 152 valence electrons. The summed E-state index contributed by atoms with van der Waals surface area (Å²) in [7, 11) is 0. The Kier molecular flexibility index (Phi) is 6.27. The molecule has 0 atom stereocenters. The SMILES string of the molecule is O=C(NC(=O)c1ccccc1[N+](=O)[O-])Nc1ccc(Oc2ncc(Br)cn2)c(F)c1. The van der Waals surface area contributed by atoms with Crippen LogP contribution in [0.1, 0.15) is 10.4 Å². The molecule has 0 saturated heterocycles. The molecule has 0 saturated carbocycles. The van der Waals surface area contributed by atoms with Gasteiger partial charge in [-0.3, -0.25) is 20.2 Å². The zero-order chi connectivity index (χ0) is 21.7. The average Bonchev–Trinajstić information content (AvgIpc) is 2.71. The van der Waals surface area contributed by atoms with Crippen LogP contribution in [0.2, 0.25) is 0 Å². The lowest BCUT2D eigenvalue weighted by Gasteiger charge is -2.09. The number of ether oxygens (including phenoxy) is 1. The molecule has 1 aromatic heterocycles. The first-order valence-electron chi connectivity index (χ1n) is 8.14.